The maximum atomic E-state index is 13.0. The molecule has 134 valence electrons. The Kier molecular flexibility index (Phi) is 5.97. The van der Waals surface area contributed by atoms with E-state index in [0.717, 1.165) is 4.90 Å². The van der Waals surface area contributed by atoms with Crippen molar-refractivity contribution in [1.29, 1.82) is 5.26 Å². The van der Waals surface area contributed by atoms with Gasteiger partial charge in [0.2, 0.25) is 5.91 Å². The maximum Gasteiger partial charge on any atom is 0.237 e. The van der Waals surface area contributed by atoms with Gasteiger partial charge in [-0.25, -0.2) is 4.39 Å². The van der Waals surface area contributed by atoms with Gasteiger partial charge in [0, 0.05) is 23.2 Å². The standard InChI is InChI=1S/C19H17FN2O3S/c20-14-2-5-16(6-3-14)26-13-19(23)22(9-1-8-21)15-4-7-17-18(12-15)25-11-10-24-17/h2-7,12H,1,9-11,13H2. The van der Waals surface area contributed by atoms with E-state index < -0.39 is 0 Å². The molecule has 1 aliphatic heterocycles. The lowest BCUT2D eigenvalue weighted by atomic mass is 10.2. The van der Waals surface area contributed by atoms with Gasteiger partial charge in [-0.1, -0.05) is 0 Å². The molecule has 0 unspecified atom stereocenters. The summed E-state index contributed by atoms with van der Waals surface area (Å²) in [5.74, 6) is 0.979. The number of benzene rings is 2. The van der Waals surface area contributed by atoms with Gasteiger partial charge in [0.25, 0.3) is 0 Å². The fourth-order valence-corrected chi connectivity index (χ4v) is 3.29. The minimum atomic E-state index is -0.312. The van der Waals surface area contributed by atoms with E-state index in [2.05, 4.69) is 6.07 Å². The molecule has 0 saturated heterocycles. The van der Waals surface area contributed by atoms with Crippen LogP contribution in [0.25, 0.3) is 0 Å². The molecule has 0 radical (unpaired) electrons. The number of anilines is 1. The number of thioether (sulfide) groups is 1. The summed E-state index contributed by atoms with van der Waals surface area (Å²) in [7, 11) is 0. The molecule has 5 nitrogen and oxygen atoms in total. The van der Waals surface area contributed by atoms with Crippen LogP contribution in [0.2, 0.25) is 0 Å². The SMILES string of the molecule is N#CCCN(C(=O)CSc1ccc(F)cc1)c1ccc2c(c1)OCCO2. The first-order valence-corrected chi connectivity index (χ1v) is 9.11. The molecular formula is C19H17FN2O3S. The molecule has 2 aromatic rings. The number of rotatable bonds is 6. The predicted octanol–water partition coefficient (Wildman–Crippen LogP) is 3.64. The highest BCUT2D eigenvalue weighted by molar-refractivity contribution is 8.00. The number of amides is 1. The normalized spacial score (nSPS) is 12.3. The van der Waals surface area contributed by atoms with Gasteiger partial charge in [0.15, 0.2) is 11.5 Å². The van der Waals surface area contributed by atoms with Crippen LogP contribution in [0, 0.1) is 17.1 Å². The molecule has 0 aromatic heterocycles. The lowest BCUT2D eigenvalue weighted by Crippen LogP contribution is -2.33. The van der Waals surface area contributed by atoms with Crippen molar-refractivity contribution in [2.45, 2.75) is 11.3 Å². The molecule has 0 bridgehead atoms. The Labute approximate surface area is 155 Å². The quantitative estimate of drug-likeness (QED) is 0.725. The zero-order valence-corrected chi connectivity index (χ0v) is 14.8. The summed E-state index contributed by atoms with van der Waals surface area (Å²) in [6, 6.07) is 13.4. The number of halogens is 1. The summed E-state index contributed by atoms with van der Waals surface area (Å²) in [6.07, 6.45) is 0.224. The monoisotopic (exact) mass is 372 g/mol. The lowest BCUT2D eigenvalue weighted by Gasteiger charge is -2.24. The fraction of sp³-hybridized carbons (Fsp3) is 0.263. The second-order valence-electron chi connectivity index (χ2n) is 5.52. The van der Waals surface area contributed by atoms with E-state index in [4.69, 9.17) is 14.7 Å². The van der Waals surface area contributed by atoms with Gasteiger partial charge in [-0.15, -0.1) is 11.8 Å². The lowest BCUT2D eigenvalue weighted by molar-refractivity contribution is -0.116. The molecule has 0 atom stereocenters. The first kappa shape index (κ1) is 18.1. The highest BCUT2D eigenvalue weighted by atomic mass is 32.2. The maximum absolute atomic E-state index is 13.0. The van der Waals surface area contributed by atoms with Crippen LogP contribution in [-0.2, 0) is 4.79 Å². The first-order chi connectivity index (χ1) is 12.7. The fourth-order valence-electron chi connectivity index (χ4n) is 2.51. The van der Waals surface area contributed by atoms with Crippen molar-refractivity contribution in [3.63, 3.8) is 0 Å². The Morgan fingerprint density at radius 1 is 1.15 bits per heavy atom. The molecule has 3 rings (SSSR count). The Bertz CT molecular complexity index is 821. The van der Waals surface area contributed by atoms with Gasteiger partial charge in [0.05, 0.1) is 18.2 Å². The van der Waals surface area contributed by atoms with Crippen LogP contribution in [-0.4, -0.2) is 31.4 Å². The highest BCUT2D eigenvalue weighted by Gasteiger charge is 2.19. The van der Waals surface area contributed by atoms with Crippen molar-refractivity contribution in [2.24, 2.45) is 0 Å². The number of carbonyl (C=O) groups is 1. The topological polar surface area (TPSA) is 62.6 Å². The minimum Gasteiger partial charge on any atom is -0.486 e. The van der Waals surface area contributed by atoms with Crippen molar-refractivity contribution < 1.29 is 18.7 Å². The number of nitriles is 1. The van der Waals surface area contributed by atoms with Crippen LogP contribution in [0.15, 0.2) is 47.4 Å². The first-order valence-electron chi connectivity index (χ1n) is 8.13. The second kappa shape index (κ2) is 8.59. The van der Waals surface area contributed by atoms with E-state index in [1.165, 1.54) is 23.9 Å². The third-order valence-corrected chi connectivity index (χ3v) is 4.76. The van der Waals surface area contributed by atoms with Crippen molar-refractivity contribution in [2.75, 3.05) is 30.4 Å². The molecule has 0 spiro atoms. The van der Waals surface area contributed by atoms with E-state index in [0.29, 0.717) is 36.9 Å². The Hall–Kier alpha value is -2.72. The number of hydrogen-bond donors (Lipinski definition) is 0. The van der Waals surface area contributed by atoms with Crippen molar-refractivity contribution in [3.8, 4) is 17.6 Å². The number of nitrogens with zero attached hydrogens (tertiary/aromatic N) is 2. The average Bonchev–Trinajstić information content (AvgIpc) is 2.67. The number of carbonyl (C=O) groups excluding carboxylic acids is 1. The molecule has 2 aromatic carbocycles. The van der Waals surface area contributed by atoms with E-state index >= 15 is 0 Å². The molecule has 26 heavy (non-hydrogen) atoms. The van der Waals surface area contributed by atoms with Crippen molar-refractivity contribution in [1.82, 2.24) is 0 Å². The van der Waals surface area contributed by atoms with Crippen LogP contribution < -0.4 is 14.4 Å². The molecule has 0 aliphatic carbocycles. The van der Waals surface area contributed by atoms with E-state index in [-0.39, 0.29) is 23.9 Å². The minimum absolute atomic E-state index is 0.133. The molecule has 0 N–H and O–H groups in total. The van der Waals surface area contributed by atoms with E-state index in [9.17, 15) is 9.18 Å². The molecule has 0 saturated carbocycles. The van der Waals surface area contributed by atoms with Gasteiger partial charge in [-0.2, -0.15) is 5.26 Å². The largest absolute Gasteiger partial charge is 0.486 e. The molecule has 1 amide bonds. The number of hydrogen-bond acceptors (Lipinski definition) is 5. The number of ether oxygens (including phenoxy) is 2. The number of fused-ring (bicyclic) bond motifs is 1. The van der Waals surface area contributed by atoms with Crippen LogP contribution in [0.4, 0.5) is 10.1 Å². The zero-order valence-electron chi connectivity index (χ0n) is 14.0. The summed E-state index contributed by atoms with van der Waals surface area (Å²) in [4.78, 5) is 15.1. The van der Waals surface area contributed by atoms with E-state index in [1.54, 1.807) is 35.2 Å². The summed E-state index contributed by atoms with van der Waals surface area (Å²) >= 11 is 1.33. The summed E-state index contributed by atoms with van der Waals surface area (Å²) < 4.78 is 24.0. The van der Waals surface area contributed by atoms with Crippen LogP contribution in [0.3, 0.4) is 0 Å². The van der Waals surface area contributed by atoms with Crippen LogP contribution in [0.5, 0.6) is 11.5 Å². The molecular weight excluding hydrogens is 355 g/mol. The van der Waals surface area contributed by atoms with Gasteiger partial charge in [-0.3, -0.25) is 4.79 Å². The van der Waals surface area contributed by atoms with Gasteiger partial charge >= 0.3 is 0 Å². The molecule has 1 heterocycles. The molecule has 7 heteroatoms. The van der Waals surface area contributed by atoms with Crippen molar-refractivity contribution in [3.05, 3.63) is 48.3 Å². The smallest absolute Gasteiger partial charge is 0.237 e. The summed E-state index contributed by atoms with van der Waals surface area (Å²) in [5, 5.41) is 8.90. The van der Waals surface area contributed by atoms with E-state index in [1.807, 2.05) is 0 Å². The molecule has 1 aliphatic rings. The predicted molar refractivity (Wildman–Crippen MR) is 97.1 cm³/mol. The zero-order chi connectivity index (χ0) is 18.4. The second-order valence-corrected chi connectivity index (χ2v) is 6.57. The highest BCUT2D eigenvalue weighted by Crippen LogP contribution is 2.34. The molecule has 0 fully saturated rings. The van der Waals surface area contributed by atoms with Gasteiger partial charge in [-0.05, 0) is 36.4 Å². The third kappa shape index (κ3) is 4.46. The van der Waals surface area contributed by atoms with Gasteiger partial charge < -0.3 is 14.4 Å². The Morgan fingerprint density at radius 3 is 2.62 bits per heavy atom. The van der Waals surface area contributed by atoms with Crippen LogP contribution in [0.1, 0.15) is 6.42 Å². The van der Waals surface area contributed by atoms with Crippen LogP contribution >= 0.6 is 11.8 Å². The average molecular weight is 372 g/mol. The van der Waals surface area contributed by atoms with Crippen molar-refractivity contribution >= 4 is 23.4 Å². The summed E-state index contributed by atoms with van der Waals surface area (Å²) in [6.45, 7) is 1.25. The Morgan fingerprint density at radius 2 is 1.88 bits per heavy atom. The summed E-state index contributed by atoms with van der Waals surface area (Å²) in [5.41, 5.74) is 0.661. The van der Waals surface area contributed by atoms with Gasteiger partial charge in [0.1, 0.15) is 19.0 Å². The Balaban J connectivity index is 1.73. The third-order valence-electron chi connectivity index (χ3n) is 3.76.